The van der Waals surface area contributed by atoms with Gasteiger partial charge in [-0.3, -0.25) is 0 Å². The van der Waals surface area contributed by atoms with Crippen molar-refractivity contribution in [2.75, 3.05) is 25.0 Å². The minimum atomic E-state index is -0.644. The Balaban J connectivity index is 1.84. The molecule has 0 radical (unpaired) electrons. The Morgan fingerprint density at radius 3 is 2.65 bits per heavy atom. The highest BCUT2D eigenvalue weighted by Gasteiger charge is 2.18. The van der Waals surface area contributed by atoms with Gasteiger partial charge in [-0.05, 0) is 43.7 Å². The van der Waals surface area contributed by atoms with Gasteiger partial charge in [0, 0.05) is 25.2 Å². The second-order valence-electron chi connectivity index (χ2n) is 4.93. The summed E-state index contributed by atoms with van der Waals surface area (Å²) < 4.78 is 26.3. The molecule has 1 aliphatic rings. The number of nitrogens with zero attached hydrogens (tertiary/aromatic N) is 1. The third-order valence-electron chi connectivity index (χ3n) is 3.55. The molecular weight excluding hydrogens is 280 g/mol. The highest BCUT2D eigenvalue weighted by molar-refractivity contribution is 7.80. The lowest BCUT2D eigenvalue weighted by Crippen LogP contribution is -2.45. The van der Waals surface area contributed by atoms with E-state index in [1.165, 1.54) is 12.1 Å². The fraction of sp³-hybridized carbons (Fsp3) is 0.500. The van der Waals surface area contributed by atoms with Gasteiger partial charge >= 0.3 is 0 Å². The van der Waals surface area contributed by atoms with E-state index in [-0.39, 0.29) is 5.69 Å². The Morgan fingerprint density at radius 2 is 2.05 bits per heavy atom. The summed E-state index contributed by atoms with van der Waals surface area (Å²) in [6, 6.07) is 3.69. The van der Waals surface area contributed by atoms with E-state index < -0.39 is 11.6 Å². The van der Waals surface area contributed by atoms with Crippen LogP contribution in [0.4, 0.5) is 14.5 Å². The van der Waals surface area contributed by atoms with E-state index in [0.29, 0.717) is 11.2 Å². The Kier molecular flexibility index (Phi) is 5.25. The zero-order valence-electron chi connectivity index (χ0n) is 11.5. The topological polar surface area (TPSA) is 27.3 Å². The minimum Gasteiger partial charge on any atom is -0.360 e. The van der Waals surface area contributed by atoms with Crippen molar-refractivity contribution in [1.29, 1.82) is 0 Å². The molecule has 6 heteroatoms. The standard InChI is InChI=1S/C14H19F2N3S/c1-2-19-7-5-11(6-8-19)17-14(20)18-13-4-3-10(15)9-12(13)16/h3-4,9,11H,2,5-8H2,1H3,(H2,17,18,20). The molecule has 0 bridgehead atoms. The predicted octanol–water partition coefficient (Wildman–Crippen LogP) is 2.74. The van der Waals surface area contributed by atoms with E-state index in [1.54, 1.807) is 0 Å². The van der Waals surface area contributed by atoms with Crippen LogP contribution in [0.5, 0.6) is 0 Å². The van der Waals surface area contributed by atoms with Gasteiger partial charge in [-0.15, -0.1) is 0 Å². The molecule has 1 aromatic carbocycles. The van der Waals surface area contributed by atoms with Crippen LogP contribution in [0.15, 0.2) is 18.2 Å². The molecule has 0 aliphatic carbocycles. The van der Waals surface area contributed by atoms with Crippen molar-refractivity contribution in [2.45, 2.75) is 25.8 Å². The molecule has 0 spiro atoms. The van der Waals surface area contributed by atoms with Gasteiger partial charge in [0.25, 0.3) is 0 Å². The van der Waals surface area contributed by atoms with E-state index in [9.17, 15) is 8.78 Å². The van der Waals surface area contributed by atoms with Gasteiger partial charge in [0.05, 0.1) is 5.69 Å². The SMILES string of the molecule is CCN1CCC(NC(=S)Nc2ccc(F)cc2F)CC1. The second kappa shape index (κ2) is 6.95. The number of piperidine rings is 1. The van der Waals surface area contributed by atoms with Crippen LogP contribution >= 0.6 is 12.2 Å². The van der Waals surface area contributed by atoms with Crippen LogP contribution in [0.25, 0.3) is 0 Å². The summed E-state index contributed by atoms with van der Waals surface area (Å²) in [7, 11) is 0. The lowest BCUT2D eigenvalue weighted by molar-refractivity contribution is 0.216. The number of anilines is 1. The van der Waals surface area contributed by atoms with Crippen LogP contribution in [-0.4, -0.2) is 35.7 Å². The normalized spacial score (nSPS) is 16.9. The molecule has 0 aromatic heterocycles. The van der Waals surface area contributed by atoms with E-state index >= 15 is 0 Å². The first kappa shape index (κ1) is 15.1. The molecule has 0 amide bonds. The number of hydrogen-bond donors (Lipinski definition) is 2. The summed E-state index contributed by atoms with van der Waals surface area (Å²) >= 11 is 5.17. The maximum atomic E-state index is 13.5. The number of hydrogen-bond acceptors (Lipinski definition) is 2. The molecule has 0 atom stereocenters. The highest BCUT2D eigenvalue weighted by Crippen LogP contribution is 2.15. The zero-order valence-corrected chi connectivity index (χ0v) is 12.3. The highest BCUT2D eigenvalue weighted by atomic mass is 32.1. The zero-order chi connectivity index (χ0) is 14.5. The van der Waals surface area contributed by atoms with Crippen LogP contribution in [0, 0.1) is 11.6 Å². The smallest absolute Gasteiger partial charge is 0.171 e. The van der Waals surface area contributed by atoms with Crippen LogP contribution in [0.2, 0.25) is 0 Å². The van der Waals surface area contributed by atoms with Crippen molar-refractivity contribution in [1.82, 2.24) is 10.2 Å². The molecule has 110 valence electrons. The lowest BCUT2D eigenvalue weighted by Gasteiger charge is -2.32. The quantitative estimate of drug-likeness (QED) is 0.839. The van der Waals surface area contributed by atoms with E-state index in [0.717, 1.165) is 38.5 Å². The molecule has 0 unspecified atom stereocenters. The summed E-state index contributed by atoms with van der Waals surface area (Å²) in [5.74, 6) is -1.24. The predicted molar refractivity (Wildman–Crippen MR) is 80.9 cm³/mol. The molecule has 1 saturated heterocycles. The Bertz CT molecular complexity index is 473. The average molecular weight is 299 g/mol. The maximum absolute atomic E-state index is 13.5. The lowest BCUT2D eigenvalue weighted by atomic mass is 10.1. The molecule has 2 rings (SSSR count). The third kappa shape index (κ3) is 4.11. The van der Waals surface area contributed by atoms with Gasteiger partial charge < -0.3 is 15.5 Å². The average Bonchev–Trinajstić information content (AvgIpc) is 2.43. The summed E-state index contributed by atoms with van der Waals surface area (Å²) in [6.07, 6.45) is 2.03. The van der Waals surface area contributed by atoms with E-state index in [1.807, 2.05) is 0 Å². The van der Waals surface area contributed by atoms with Gasteiger partial charge in [0.15, 0.2) is 5.11 Å². The van der Waals surface area contributed by atoms with Gasteiger partial charge in [-0.25, -0.2) is 8.78 Å². The molecule has 1 heterocycles. The number of rotatable bonds is 3. The first-order valence-corrected chi connectivity index (χ1v) is 7.24. The monoisotopic (exact) mass is 299 g/mol. The van der Waals surface area contributed by atoms with Crippen molar-refractivity contribution in [2.24, 2.45) is 0 Å². The van der Waals surface area contributed by atoms with Crippen molar-refractivity contribution >= 4 is 23.0 Å². The summed E-state index contributed by atoms with van der Waals surface area (Å²) in [6.45, 7) is 5.30. The molecule has 2 N–H and O–H groups in total. The molecule has 1 aromatic rings. The first-order chi connectivity index (χ1) is 9.58. The molecule has 20 heavy (non-hydrogen) atoms. The van der Waals surface area contributed by atoms with E-state index in [2.05, 4.69) is 22.5 Å². The Labute approximate surface area is 123 Å². The minimum absolute atomic E-state index is 0.190. The molecule has 0 saturated carbocycles. The third-order valence-corrected chi connectivity index (χ3v) is 3.77. The van der Waals surface area contributed by atoms with Crippen LogP contribution in [-0.2, 0) is 0 Å². The first-order valence-electron chi connectivity index (χ1n) is 6.83. The fourth-order valence-electron chi connectivity index (χ4n) is 2.33. The van der Waals surface area contributed by atoms with Crippen LogP contribution < -0.4 is 10.6 Å². The molecule has 1 aliphatic heterocycles. The Hall–Kier alpha value is -1.27. The Morgan fingerprint density at radius 1 is 1.35 bits per heavy atom. The van der Waals surface area contributed by atoms with Crippen LogP contribution in [0.1, 0.15) is 19.8 Å². The van der Waals surface area contributed by atoms with Gasteiger partial charge in [0.2, 0.25) is 0 Å². The van der Waals surface area contributed by atoms with Crippen molar-refractivity contribution in [3.63, 3.8) is 0 Å². The second-order valence-corrected chi connectivity index (χ2v) is 5.34. The molecular formula is C14H19F2N3S. The summed E-state index contributed by atoms with van der Waals surface area (Å²) in [5.41, 5.74) is 0.190. The van der Waals surface area contributed by atoms with Crippen molar-refractivity contribution in [3.8, 4) is 0 Å². The fourth-order valence-corrected chi connectivity index (χ4v) is 2.60. The van der Waals surface area contributed by atoms with Crippen LogP contribution in [0.3, 0.4) is 0 Å². The van der Waals surface area contributed by atoms with Crippen molar-refractivity contribution < 1.29 is 8.78 Å². The molecule has 1 fully saturated rings. The van der Waals surface area contributed by atoms with Gasteiger partial charge in [0.1, 0.15) is 11.6 Å². The number of benzene rings is 1. The summed E-state index contributed by atoms with van der Waals surface area (Å²) in [4.78, 5) is 2.38. The largest absolute Gasteiger partial charge is 0.360 e. The number of likely N-dealkylation sites (tertiary alicyclic amines) is 1. The number of thiocarbonyl (C=S) groups is 1. The van der Waals surface area contributed by atoms with Gasteiger partial charge in [-0.1, -0.05) is 6.92 Å². The number of nitrogens with one attached hydrogen (secondary N) is 2. The van der Waals surface area contributed by atoms with Gasteiger partial charge in [-0.2, -0.15) is 0 Å². The maximum Gasteiger partial charge on any atom is 0.171 e. The van der Waals surface area contributed by atoms with E-state index in [4.69, 9.17) is 12.2 Å². The van der Waals surface area contributed by atoms with Crippen molar-refractivity contribution in [3.05, 3.63) is 29.8 Å². The number of halogens is 2. The molecule has 3 nitrogen and oxygen atoms in total. The summed E-state index contributed by atoms with van der Waals surface area (Å²) in [5, 5.41) is 6.34.